The zero-order chi connectivity index (χ0) is 10.6. The number of hydrogen-bond donors (Lipinski definition) is 2. The highest BCUT2D eigenvalue weighted by Crippen LogP contribution is 2.12. The Kier molecular flexibility index (Phi) is 3.45. The number of anilines is 1. The van der Waals surface area contributed by atoms with Gasteiger partial charge in [0, 0.05) is 6.26 Å². The molecule has 2 N–H and O–H groups in total. The van der Waals surface area contributed by atoms with Crippen molar-refractivity contribution in [1.82, 2.24) is 5.59 Å². The maximum Gasteiger partial charge on any atom is 0.175 e. The Morgan fingerprint density at radius 2 is 1.79 bits per heavy atom. The van der Waals surface area contributed by atoms with Gasteiger partial charge in [-0.1, -0.05) is 0 Å². The number of benzene rings is 1. The fraction of sp³-hybridized carbons (Fsp3) is 0.250. The van der Waals surface area contributed by atoms with E-state index in [1.807, 2.05) is 0 Å². The Hall–Kier alpha value is -1.11. The predicted molar refractivity (Wildman–Crippen MR) is 53.3 cm³/mol. The summed E-state index contributed by atoms with van der Waals surface area (Å²) in [4.78, 5) is 4.86. The van der Waals surface area contributed by atoms with Crippen LogP contribution < -0.4 is 11.0 Å². The number of hydrogen-bond acceptors (Lipinski definition) is 5. The smallest absolute Gasteiger partial charge is 0.175 e. The van der Waals surface area contributed by atoms with Gasteiger partial charge in [-0.25, -0.2) is 8.42 Å². The average Bonchev–Trinajstić information content (AvgIpc) is 2.14. The van der Waals surface area contributed by atoms with Crippen molar-refractivity contribution in [3.63, 3.8) is 0 Å². The Morgan fingerprint density at radius 3 is 2.21 bits per heavy atom. The molecule has 0 heterocycles. The second kappa shape index (κ2) is 4.41. The van der Waals surface area contributed by atoms with E-state index in [9.17, 15) is 8.42 Å². The minimum atomic E-state index is -3.12. The highest BCUT2D eigenvalue weighted by Gasteiger charge is 2.05. The van der Waals surface area contributed by atoms with Gasteiger partial charge in [-0.3, -0.25) is 10.3 Å². The Bertz CT molecular complexity index is 386. The average molecular weight is 216 g/mol. The van der Waals surface area contributed by atoms with Gasteiger partial charge in [0.25, 0.3) is 0 Å². The summed E-state index contributed by atoms with van der Waals surface area (Å²) in [6, 6.07) is 6.33. The van der Waals surface area contributed by atoms with Gasteiger partial charge in [0.15, 0.2) is 9.84 Å². The van der Waals surface area contributed by atoms with Crippen LogP contribution in [0.4, 0.5) is 5.69 Å². The van der Waals surface area contributed by atoms with E-state index in [1.54, 1.807) is 12.1 Å². The van der Waals surface area contributed by atoms with E-state index in [1.165, 1.54) is 25.5 Å². The lowest BCUT2D eigenvalue weighted by atomic mass is 10.3. The van der Waals surface area contributed by atoms with E-state index in [0.717, 1.165) is 5.69 Å². The highest BCUT2D eigenvalue weighted by molar-refractivity contribution is 7.90. The third kappa shape index (κ3) is 2.99. The molecule has 1 aromatic carbocycles. The fourth-order valence-corrected chi connectivity index (χ4v) is 1.53. The molecule has 0 saturated heterocycles. The lowest BCUT2D eigenvalue weighted by Gasteiger charge is -2.05. The zero-order valence-corrected chi connectivity index (χ0v) is 8.76. The number of hydrazine groups is 1. The standard InChI is InChI=1S/C8H12N2O3S/c1-13-10-9-7-3-5-8(6-4-7)14(2,11)12/h3-6,9-10H,1-2H3. The summed E-state index contributed by atoms with van der Waals surface area (Å²) in [6.45, 7) is 0. The van der Waals surface area contributed by atoms with Crippen LogP contribution in [0.15, 0.2) is 29.2 Å². The molecule has 0 aliphatic rings. The van der Waals surface area contributed by atoms with Crippen LogP contribution in [-0.4, -0.2) is 21.8 Å². The molecule has 0 fully saturated rings. The molecule has 0 saturated carbocycles. The summed E-state index contributed by atoms with van der Waals surface area (Å²) in [5.74, 6) is 0. The first-order valence-corrected chi connectivity index (χ1v) is 5.77. The molecule has 0 aromatic heterocycles. The SMILES string of the molecule is CONNc1ccc(S(C)(=O)=O)cc1. The Labute approximate surface area is 82.9 Å². The van der Waals surface area contributed by atoms with Gasteiger partial charge >= 0.3 is 0 Å². The molecule has 0 spiro atoms. The van der Waals surface area contributed by atoms with Gasteiger partial charge in [-0.2, -0.15) is 0 Å². The molecule has 14 heavy (non-hydrogen) atoms. The number of sulfone groups is 1. The maximum atomic E-state index is 11.1. The molecule has 1 rings (SSSR count). The third-order valence-electron chi connectivity index (χ3n) is 1.58. The molecule has 0 amide bonds. The van der Waals surface area contributed by atoms with Crippen LogP contribution in [0, 0.1) is 0 Å². The Morgan fingerprint density at radius 1 is 1.21 bits per heavy atom. The van der Waals surface area contributed by atoms with Gasteiger partial charge in [0.05, 0.1) is 17.7 Å². The van der Waals surface area contributed by atoms with Crippen LogP contribution in [0.3, 0.4) is 0 Å². The van der Waals surface area contributed by atoms with E-state index in [0.29, 0.717) is 4.90 Å². The quantitative estimate of drug-likeness (QED) is 0.720. The van der Waals surface area contributed by atoms with Crippen molar-refractivity contribution in [2.24, 2.45) is 0 Å². The van der Waals surface area contributed by atoms with E-state index >= 15 is 0 Å². The van der Waals surface area contributed by atoms with E-state index in [-0.39, 0.29) is 0 Å². The minimum absolute atomic E-state index is 0.292. The molecule has 0 bridgehead atoms. The van der Waals surface area contributed by atoms with Crippen LogP contribution in [0.2, 0.25) is 0 Å². The van der Waals surface area contributed by atoms with Crippen LogP contribution in [0.1, 0.15) is 0 Å². The van der Waals surface area contributed by atoms with Gasteiger partial charge in [0.2, 0.25) is 0 Å². The molecule has 0 unspecified atom stereocenters. The van der Waals surface area contributed by atoms with E-state index in [2.05, 4.69) is 15.9 Å². The lowest BCUT2D eigenvalue weighted by Crippen LogP contribution is -2.19. The van der Waals surface area contributed by atoms with Gasteiger partial charge in [-0.15, -0.1) is 5.59 Å². The van der Waals surface area contributed by atoms with Crippen molar-refractivity contribution in [2.75, 3.05) is 18.8 Å². The maximum absolute atomic E-state index is 11.1. The molecule has 5 nitrogen and oxygen atoms in total. The van der Waals surface area contributed by atoms with Crippen molar-refractivity contribution < 1.29 is 13.3 Å². The van der Waals surface area contributed by atoms with Gasteiger partial charge < -0.3 is 0 Å². The first kappa shape index (κ1) is 11.0. The van der Waals surface area contributed by atoms with Crippen LogP contribution >= 0.6 is 0 Å². The zero-order valence-electron chi connectivity index (χ0n) is 7.94. The van der Waals surface area contributed by atoms with Crippen LogP contribution in [0.25, 0.3) is 0 Å². The topological polar surface area (TPSA) is 67.4 Å². The molecule has 6 heteroatoms. The number of nitrogens with one attached hydrogen (secondary N) is 2. The summed E-state index contributed by atoms with van der Waals surface area (Å²) in [5, 5.41) is 0. The summed E-state index contributed by atoms with van der Waals surface area (Å²) >= 11 is 0. The molecule has 0 aliphatic carbocycles. The van der Waals surface area contributed by atoms with Crippen molar-refractivity contribution in [1.29, 1.82) is 0 Å². The van der Waals surface area contributed by atoms with E-state index in [4.69, 9.17) is 0 Å². The second-order valence-corrected chi connectivity index (χ2v) is 4.74. The molecule has 1 aromatic rings. The molecule has 0 aliphatic heterocycles. The monoisotopic (exact) mass is 216 g/mol. The first-order chi connectivity index (χ1) is 6.54. The van der Waals surface area contributed by atoms with Crippen molar-refractivity contribution >= 4 is 15.5 Å². The van der Waals surface area contributed by atoms with Crippen molar-refractivity contribution in [2.45, 2.75) is 4.90 Å². The van der Waals surface area contributed by atoms with Crippen molar-refractivity contribution in [3.05, 3.63) is 24.3 Å². The van der Waals surface area contributed by atoms with Crippen LogP contribution in [-0.2, 0) is 14.7 Å². The summed E-state index contributed by atoms with van der Waals surface area (Å²) < 4.78 is 22.2. The molecule has 78 valence electrons. The normalized spacial score (nSPS) is 11.3. The second-order valence-electron chi connectivity index (χ2n) is 2.73. The van der Waals surface area contributed by atoms with Crippen molar-refractivity contribution in [3.8, 4) is 0 Å². The molecular weight excluding hydrogens is 204 g/mol. The lowest BCUT2D eigenvalue weighted by molar-refractivity contribution is 0.111. The molecule has 0 atom stereocenters. The highest BCUT2D eigenvalue weighted by atomic mass is 32.2. The summed E-state index contributed by atoms with van der Waals surface area (Å²) in [6.07, 6.45) is 1.17. The molecular formula is C8H12N2O3S. The first-order valence-electron chi connectivity index (χ1n) is 3.88. The summed E-state index contributed by atoms with van der Waals surface area (Å²) in [7, 11) is -1.65. The largest absolute Gasteiger partial charge is 0.299 e. The van der Waals surface area contributed by atoms with Gasteiger partial charge in [-0.05, 0) is 24.3 Å². The van der Waals surface area contributed by atoms with Gasteiger partial charge in [0.1, 0.15) is 0 Å². The van der Waals surface area contributed by atoms with Crippen LogP contribution in [0.5, 0.6) is 0 Å². The fourth-order valence-electron chi connectivity index (χ4n) is 0.895. The number of rotatable bonds is 4. The minimum Gasteiger partial charge on any atom is -0.299 e. The Balaban J connectivity index is 2.79. The molecule has 0 radical (unpaired) electrons. The third-order valence-corrected chi connectivity index (χ3v) is 2.71. The predicted octanol–water partition coefficient (Wildman–Crippen LogP) is 0.568. The van der Waals surface area contributed by atoms with E-state index < -0.39 is 9.84 Å². The summed E-state index contributed by atoms with van der Waals surface area (Å²) in [5.41, 5.74) is 5.85.